The van der Waals surface area contributed by atoms with Crippen molar-refractivity contribution in [1.82, 2.24) is 14.8 Å². The predicted octanol–water partition coefficient (Wildman–Crippen LogP) is 1.60. The largest absolute Gasteiger partial charge is 0.340 e. The normalized spacial score (nSPS) is 21.0. The Morgan fingerprint density at radius 1 is 1.09 bits per heavy atom. The molecule has 0 unspecified atom stereocenters. The van der Waals surface area contributed by atoms with E-state index in [9.17, 15) is 9.59 Å². The Hall–Kier alpha value is -1.62. The van der Waals surface area contributed by atoms with E-state index in [1.165, 1.54) is 19.3 Å². The zero-order valence-corrected chi connectivity index (χ0v) is 13.1. The topological polar surface area (TPSA) is 56.4 Å². The van der Waals surface area contributed by atoms with Gasteiger partial charge in [0.1, 0.15) is 0 Å². The lowest BCUT2D eigenvalue weighted by atomic mass is 9.88. The second-order valence-corrected chi connectivity index (χ2v) is 6.50. The predicted molar refractivity (Wildman–Crippen MR) is 85.5 cm³/mol. The number of rotatable bonds is 3. The molecule has 1 saturated carbocycles. The van der Waals surface area contributed by atoms with Crippen molar-refractivity contribution in [3.63, 3.8) is 0 Å². The number of carbonyl (C=O) groups is 1. The molecule has 0 spiro atoms. The van der Waals surface area contributed by atoms with Gasteiger partial charge in [-0.25, -0.2) is 0 Å². The molecule has 0 radical (unpaired) electrons. The van der Waals surface area contributed by atoms with E-state index in [-0.39, 0.29) is 11.5 Å². The SMILES string of the molecule is O=C(C1CCCCC1)N1CCN(Cc2ccc(=O)[nH]c2)CC1. The van der Waals surface area contributed by atoms with Gasteiger partial charge in [-0.2, -0.15) is 0 Å². The van der Waals surface area contributed by atoms with Gasteiger partial charge >= 0.3 is 0 Å². The van der Waals surface area contributed by atoms with Crippen LogP contribution in [0.4, 0.5) is 0 Å². The van der Waals surface area contributed by atoms with Crippen molar-refractivity contribution in [2.24, 2.45) is 5.92 Å². The Balaban J connectivity index is 1.48. The second kappa shape index (κ2) is 7.09. The minimum absolute atomic E-state index is 0.0633. The molecule has 2 fully saturated rings. The van der Waals surface area contributed by atoms with E-state index in [2.05, 4.69) is 14.8 Å². The molecular formula is C17H25N3O2. The molecule has 5 heteroatoms. The molecule has 120 valence electrons. The van der Waals surface area contributed by atoms with Gasteiger partial charge in [-0.05, 0) is 18.4 Å². The van der Waals surface area contributed by atoms with Crippen molar-refractivity contribution in [2.45, 2.75) is 38.6 Å². The van der Waals surface area contributed by atoms with Crippen LogP contribution in [-0.4, -0.2) is 46.9 Å². The first kappa shape index (κ1) is 15.3. The average Bonchev–Trinajstić information content (AvgIpc) is 2.58. The summed E-state index contributed by atoms with van der Waals surface area (Å²) < 4.78 is 0. The maximum Gasteiger partial charge on any atom is 0.247 e. The van der Waals surface area contributed by atoms with Crippen molar-refractivity contribution in [1.29, 1.82) is 0 Å². The van der Waals surface area contributed by atoms with Crippen molar-refractivity contribution < 1.29 is 4.79 Å². The number of aromatic amines is 1. The highest BCUT2D eigenvalue weighted by Crippen LogP contribution is 2.25. The molecule has 1 N–H and O–H groups in total. The van der Waals surface area contributed by atoms with Gasteiger partial charge < -0.3 is 9.88 Å². The summed E-state index contributed by atoms with van der Waals surface area (Å²) in [7, 11) is 0. The van der Waals surface area contributed by atoms with E-state index in [0.717, 1.165) is 51.1 Å². The van der Waals surface area contributed by atoms with Crippen LogP contribution in [0, 0.1) is 5.92 Å². The van der Waals surface area contributed by atoms with E-state index in [0.29, 0.717) is 5.91 Å². The third kappa shape index (κ3) is 3.77. The van der Waals surface area contributed by atoms with Crippen LogP contribution < -0.4 is 5.56 Å². The molecule has 1 aliphatic carbocycles. The number of pyridine rings is 1. The van der Waals surface area contributed by atoms with Crippen LogP contribution in [0.5, 0.6) is 0 Å². The molecule has 22 heavy (non-hydrogen) atoms. The molecule has 0 aromatic carbocycles. The summed E-state index contributed by atoms with van der Waals surface area (Å²) in [5.41, 5.74) is 1.05. The van der Waals surface area contributed by atoms with E-state index in [4.69, 9.17) is 0 Å². The van der Waals surface area contributed by atoms with Crippen LogP contribution in [0.3, 0.4) is 0 Å². The maximum absolute atomic E-state index is 12.5. The first-order valence-corrected chi connectivity index (χ1v) is 8.41. The quantitative estimate of drug-likeness (QED) is 0.923. The van der Waals surface area contributed by atoms with Gasteiger partial charge in [0.25, 0.3) is 0 Å². The molecule has 3 rings (SSSR count). The Labute approximate surface area is 131 Å². The highest BCUT2D eigenvalue weighted by atomic mass is 16.2. The lowest BCUT2D eigenvalue weighted by Gasteiger charge is -2.37. The first-order chi connectivity index (χ1) is 10.7. The van der Waals surface area contributed by atoms with E-state index in [1.807, 2.05) is 6.07 Å². The number of nitrogens with zero attached hydrogens (tertiary/aromatic N) is 2. The van der Waals surface area contributed by atoms with Gasteiger partial charge in [-0.1, -0.05) is 25.3 Å². The fourth-order valence-corrected chi connectivity index (χ4v) is 3.53. The van der Waals surface area contributed by atoms with Crippen molar-refractivity contribution in [2.75, 3.05) is 26.2 Å². The highest BCUT2D eigenvalue weighted by Gasteiger charge is 2.28. The first-order valence-electron chi connectivity index (χ1n) is 8.41. The molecule has 1 aliphatic heterocycles. The molecular weight excluding hydrogens is 278 g/mol. The van der Waals surface area contributed by atoms with Gasteiger partial charge in [0, 0.05) is 50.9 Å². The summed E-state index contributed by atoms with van der Waals surface area (Å²) in [5, 5.41) is 0. The molecule has 0 bridgehead atoms. The molecule has 0 atom stereocenters. The number of hydrogen-bond donors (Lipinski definition) is 1. The summed E-state index contributed by atoms with van der Waals surface area (Å²) in [6.45, 7) is 4.33. The van der Waals surface area contributed by atoms with Gasteiger partial charge in [0.2, 0.25) is 11.5 Å². The summed E-state index contributed by atoms with van der Waals surface area (Å²) in [5.74, 6) is 0.655. The van der Waals surface area contributed by atoms with Gasteiger partial charge in [-0.15, -0.1) is 0 Å². The zero-order valence-electron chi connectivity index (χ0n) is 13.1. The molecule has 1 aromatic rings. The number of H-pyrrole nitrogens is 1. The zero-order chi connectivity index (χ0) is 15.4. The van der Waals surface area contributed by atoms with Crippen molar-refractivity contribution in [3.05, 3.63) is 34.2 Å². The molecule has 1 amide bonds. The van der Waals surface area contributed by atoms with Crippen LogP contribution in [0.1, 0.15) is 37.7 Å². The van der Waals surface area contributed by atoms with Gasteiger partial charge in [0.05, 0.1) is 0 Å². The number of aromatic nitrogens is 1. The Bertz CT molecular complexity index is 535. The lowest BCUT2D eigenvalue weighted by Crippen LogP contribution is -2.50. The molecule has 1 saturated heterocycles. The summed E-state index contributed by atoms with van der Waals surface area (Å²) in [6.07, 6.45) is 7.65. The number of piperazine rings is 1. The van der Waals surface area contributed by atoms with Gasteiger partial charge in [0.15, 0.2) is 0 Å². The molecule has 2 heterocycles. The van der Waals surface area contributed by atoms with Crippen LogP contribution in [0.2, 0.25) is 0 Å². The van der Waals surface area contributed by atoms with E-state index in [1.54, 1.807) is 12.3 Å². The fraction of sp³-hybridized carbons (Fsp3) is 0.647. The molecule has 5 nitrogen and oxygen atoms in total. The fourth-order valence-electron chi connectivity index (χ4n) is 3.53. The van der Waals surface area contributed by atoms with E-state index >= 15 is 0 Å². The van der Waals surface area contributed by atoms with Crippen LogP contribution >= 0.6 is 0 Å². The summed E-state index contributed by atoms with van der Waals surface area (Å²) >= 11 is 0. The van der Waals surface area contributed by atoms with Gasteiger partial charge in [-0.3, -0.25) is 14.5 Å². The smallest absolute Gasteiger partial charge is 0.247 e. The molecule has 2 aliphatic rings. The highest BCUT2D eigenvalue weighted by molar-refractivity contribution is 5.79. The Morgan fingerprint density at radius 2 is 1.82 bits per heavy atom. The van der Waals surface area contributed by atoms with Crippen LogP contribution in [-0.2, 0) is 11.3 Å². The Morgan fingerprint density at radius 3 is 2.45 bits per heavy atom. The minimum Gasteiger partial charge on any atom is -0.340 e. The molecule has 1 aromatic heterocycles. The maximum atomic E-state index is 12.5. The summed E-state index contributed by atoms with van der Waals surface area (Å²) in [6, 6.07) is 3.44. The second-order valence-electron chi connectivity index (χ2n) is 6.50. The lowest BCUT2D eigenvalue weighted by molar-refractivity contribution is -0.138. The average molecular weight is 303 g/mol. The van der Waals surface area contributed by atoms with Crippen LogP contribution in [0.15, 0.2) is 23.1 Å². The monoisotopic (exact) mass is 303 g/mol. The number of hydrogen-bond acceptors (Lipinski definition) is 3. The Kier molecular flexibility index (Phi) is 4.93. The third-order valence-corrected chi connectivity index (χ3v) is 4.89. The van der Waals surface area contributed by atoms with E-state index < -0.39 is 0 Å². The number of carbonyl (C=O) groups excluding carboxylic acids is 1. The third-order valence-electron chi connectivity index (χ3n) is 4.89. The standard InChI is InChI=1S/C17H25N3O2/c21-16-7-6-14(12-18-16)13-19-8-10-20(11-9-19)17(22)15-4-2-1-3-5-15/h6-7,12,15H,1-5,8-11,13H2,(H,18,21). The summed E-state index contributed by atoms with van der Waals surface area (Å²) in [4.78, 5) is 30.7. The van der Waals surface area contributed by atoms with Crippen molar-refractivity contribution >= 4 is 5.91 Å². The minimum atomic E-state index is -0.0633. The number of amides is 1. The van der Waals surface area contributed by atoms with Crippen molar-refractivity contribution in [3.8, 4) is 0 Å². The number of nitrogens with one attached hydrogen (secondary N) is 1. The van der Waals surface area contributed by atoms with Crippen LogP contribution in [0.25, 0.3) is 0 Å².